The largest absolute Gasteiger partial charge is 0.338 e. The van der Waals surface area contributed by atoms with Gasteiger partial charge in [0.15, 0.2) is 0 Å². The van der Waals surface area contributed by atoms with Gasteiger partial charge >= 0.3 is 0 Å². The SMILES string of the molecule is CCC(C#N)C(=O)N(CCC#N)C(C)C. The summed E-state index contributed by atoms with van der Waals surface area (Å²) in [6.45, 7) is 6.00. The van der Waals surface area contributed by atoms with Crippen LogP contribution in [-0.4, -0.2) is 23.4 Å². The van der Waals surface area contributed by atoms with Crippen molar-refractivity contribution in [2.75, 3.05) is 6.54 Å². The molecule has 0 rings (SSSR count). The molecule has 15 heavy (non-hydrogen) atoms. The van der Waals surface area contributed by atoms with Gasteiger partial charge in [0.25, 0.3) is 0 Å². The van der Waals surface area contributed by atoms with Crippen LogP contribution in [-0.2, 0) is 4.79 Å². The highest BCUT2D eigenvalue weighted by Crippen LogP contribution is 2.10. The van der Waals surface area contributed by atoms with E-state index >= 15 is 0 Å². The zero-order valence-electron chi connectivity index (χ0n) is 9.53. The summed E-state index contributed by atoms with van der Waals surface area (Å²) in [5.41, 5.74) is 0. The van der Waals surface area contributed by atoms with E-state index in [2.05, 4.69) is 0 Å². The molecular formula is C11H17N3O. The van der Waals surface area contributed by atoms with E-state index in [9.17, 15) is 4.79 Å². The average Bonchev–Trinajstić information content (AvgIpc) is 2.19. The fourth-order valence-corrected chi connectivity index (χ4v) is 1.31. The second kappa shape index (κ2) is 6.84. The van der Waals surface area contributed by atoms with E-state index in [1.807, 2.05) is 32.9 Å². The van der Waals surface area contributed by atoms with Gasteiger partial charge < -0.3 is 4.90 Å². The zero-order valence-corrected chi connectivity index (χ0v) is 9.53. The Bertz CT molecular complexity index is 285. The molecule has 0 aromatic rings. The van der Waals surface area contributed by atoms with Gasteiger partial charge in [-0.25, -0.2) is 0 Å². The molecule has 0 aliphatic heterocycles. The van der Waals surface area contributed by atoms with Crippen LogP contribution in [0.4, 0.5) is 0 Å². The minimum absolute atomic E-state index is 0.0354. The molecular weight excluding hydrogens is 190 g/mol. The van der Waals surface area contributed by atoms with Gasteiger partial charge in [0.05, 0.1) is 18.6 Å². The lowest BCUT2D eigenvalue weighted by Crippen LogP contribution is -2.41. The monoisotopic (exact) mass is 207 g/mol. The summed E-state index contributed by atoms with van der Waals surface area (Å²) in [5.74, 6) is -0.739. The highest BCUT2D eigenvalue weighted by Gasteiger charge is 2.24. The molecule has 1 unspecified atom stereocenters. The van der Waals surface area contributed by atoms with Crippen molar-refractivity contribution in [3.05, 3.63) is 0 Å². The molecule has 0 aromatic carbocycles. The third kappa shape index (κ3) is 3.99. The highest BCUT2D eigenvalue weighted by atomic mass is 16.2. The fraction of sp³-hybridized carbons (Fsp3) is 0.727. The van der Waals surface area contributed by atoms with E-state index in [-0.39, 0.29) is 11.9 Å². The van der Waals surface area contributed by atoms with Crippen molar-refractivity contribution in [3.8, 4) is 12.1 Å². The van der Waals surface area contributed by atoms with Crippen LogP contribution < -0.4 is 0 Å². The smallest absolute Gasteiger partial charge is 0.240 e. The number of hydrogen-bond acceptors (Lipinski definition) is 3. The average molecular weight is 207 g/mol. The van der Waals surface area contributed by atoms with E-state index < -0.39 is 5.92 Å². The first-order valence-corrected chi connectivity index (χ1v) is 5.15. The van der Waals surface area contributed by atoms with Crippen LogP contribution in [0.1, 0.15) is 33.6 Å². The molecule has 0 N–H and O–H groups in total. The highest BCUT2D eigenvalue weighted by molar-refractivity contribution is 5.81. The molecule has 0 aliphatic carbocycles. The van der Waals surface area contributed by atoms with Crippen molar-refractivity contribution < 1.29 is 4.79 Å². The molecule has 0 bridgehead atoms. The number of carbonyl (C=O) groups is 1. The number of nitriles is 2. The zero-order chi connectivity index (χ0) is 11.8. The van der Waals surface area contributed by atoms with Gasteiger partial charge in [-0.2, -0.15) is 10.5 Å². The van der Waals surface area contributed by atoms with Gasteiger partial charge in [-0.15, -0.1) is 0 Å². The van der Waals surface area contributed by atoms with Crippen molar-refractivity contribution in [1.29, 1.82) is 10.5 Å². The van der Waals surface area contributed by atoms with E-state index in [0.717, 1.165) is 0 Å². The molecule has 0 aromatic heterocycles. The van der Waals surface area contributed by atoms with Crippen molar-refractivity contribution in [1.82, 2.24) is 4.90 Å². The minimum Gasteiger partial charge on any atom is -0.338 e. The predicted octanol–water partition coefficient (Wildman–Crippen LogP) is 1.69. The number of rotatable bonds is 5. The lowest BCUT2D eigenvalue weighted by molar-refractivity contribution is -0.135. The van der Waals surface area contributed by atoms with Gasteiger partial charge in [-0.1, -0.05) is 6.92 Å². The quantitative estimate of drug-likeness (QED) is 0.688. The number of nitrogens with zero attached hydrogens (tertiary/aromatic N) is 3. The molecule has 0 saturated heterocycles. The Morgan fingerprint density at radius 3 is 2.33 bits per heavy atom. The molecule has 1 atom stereocenters. The van der Waals surface area contributed by atoms with Crippen LogP contribution >= 0.6 is 0 Å². The maximum atomic E-state index is 11.8. The molecule has 0 aliphatic rings. The second-order valence-electron chi connectivity index (χ2n) is 3.62. The Morgan fingerprint density at radius 1 is 1.40 bits per heavy atom. The van der Waals surface area contributed by atoms with Gasteiger partial charge in [0.1, 0.15) is 5.92 Å². The first-order valence-electron chi connectivity index (χ1n) is 5.15. The molecule has 82 valence electrons. The summed E-state index contributed by atoms with van der Waals surface area (Å²) in [6, 6.07) is 4.03. The number of carbonyl (C=O) groups excluding carboxylic acids is 1. The standard InChI is InChI=1S/C11H17N3O/c1-4-10(8-13)11(15)14(9(2)3)7-5-6-12/h9-10H,4-5,7H2,1-3H3. The van der Waals surface area contributed by atoms with E-state index in [4.69, 9.17) is 10.5 Å². The van der Waals surface area contributed by atoms with Crippen LogP contribution in [0.3, 0.4) is 0 Å². The lowest BCUT2D eigenvalue weighted by atomic mass is 10.1. The van der Waals surface area contributed by atoms with E-state index in [0.29, 0.717) is 19.4 Å². The number of hydrogen-bond donors (Lipinski definition) is 0. The molecule has 1 amide bonds. The molecule has 0 spiro atoms. The summed E-state index contributed by atoms with van der Waals surface area (Å²) in [7, 11) is 0. The van der Waals surface area contributed by atoms with E-state index in [1.54, 1.807) is 4.90 Å². The van der Waals surface area contributed by atoms with E-state index in [1.165, 1.54) is 0 Å². The molecule has 0 saturated carbocycles. The van der Waals surface area contributed by atoms with Gasteiger partial charge in [0.2, 0.25) is 5.91 Å². The first-order chi connectivity index (χ1) is 7.08. The third-order valence-corrected chi connectivity index (χ3v) is 2.23. The van der Waals surface area contributed by atoms with Gasteiger partial charge in [-0.3, -0.25) is 4.79 Å². The van der Waals surface area contributed by atoms with Crippen LogP contribution in [0.2, 0.25) is 0 Å². The minimum atomic E-state index is -0.578. The second-order valence-corrected chi connectivity index (χ2v) is 3.62. The molecule has 4 heteroatoms. The van der Waals surface area contributed by atoms with Crippen LogP contribution in [0.5, 0.6) is 0 Å². The number of amides is 1. The van der Waals surface area contributed by atoms with Crippen LogP contribution in [0.25, 0.3) is 0 Å². The topological polar surface area (TPSA) is 67.9 Å². The van der Waals surface area contributed by atoms with Crippen molar-refractivity contribution >= 4 is 5.91 Å². The van der Waals surface area contributed by atoms with Gasteiger partial charge in [0, 0.05) is 12.6 Å². The molecule has 0 heterocycles. The Labute approximate surface area is 91.1 Å². The third-order valence-electron chi connectivity index (χ3n) is 2.23. The van der Waals surface area contributed by atoms with Crippen molar-refractivity contribution in [2.24, 2.45) is 5.92 Å². The summed E-state index contributed by atoms with van der Waals surface area (Å²) < 4.78 is 0. The predicted molar refractivity (Wildman–Crippen MR) is 56.5 cm³/mol. The van der Waals surface area contributed by atoms with Gasteiger partial charge in [-0.05, 0) is 20.3 Å². The Balaban J connectivity index is 4.57. The van der Waals surface area contributed by atoms with Crippen LogP contribution in [0.15, 0.2) is 0 Å². The van der Waals surface area contributed by atoms with Crippen molar-refractivity contribution in [3.63, 3.8) is 0 Å². The summed E-state index contributed by atoms with van der Waals surface area (Å²) in [6.07, 6.45) is 0.830. The summed E-state index contributed by atoms with van der Waals surface area (Å²) in [5, 5.41) is 17.3. The maximum absolute atomic E-state index is 11.8. The van der Waals surface area contributed by atoms with Crippen molar-refractivity contribution in [2.45, 2.75) is 39.7 Å². The Hall–Kier alpha value is -1.55. The Morgan fingerprint density at radius 2 is 2.00 bits per heavy atom. The molecule has 0 fully saturated rings. The summed E-state index contributed by atoms with van der Waals surface area (Å²) >= 11 is 0. The maximum Gasteiger partial charge on any atom is 0.240 e. The first kappa shape index (κ1) is 13.4. The summed E-state index contributed by atoms with van der Waals surface area (Å²) in [4.78, 5) is 13.4. The van der Waals surface area contributed by atoms with Crippen LogP contribution in [0, 0.1) is 28.6 Å². The molecule has 0 radical (unpaired) electrons. The lowest BCUT2D eigenvalue weighted by Gasteiger charge is -2.27. The fourth-order valence-electron chi connectivity index (χ4n) is 1.31. The Kier molecular flexibility index (Phi) is 6.13. The molecule has 4 nitrogen and oxygen atoms in total. The normalized spacial score (nSPS) is 11.6.